The number of aromatic nitrogens is 2. The van der Waals surface area contributed by atoms with Crippen LogP contribution in [-0.4, -0.2) is 34.2 Å². The summed E-state index contributed by atoms with van der Waals surface area (Å²) >= 11 is 0. The Bertz CT molecular complexity index is 344. The molecular formula is C11H19N3O. The summed E-state index contributed by atoms with van der Waals surface area (Å²) in [5.41, 5.74) is 1.54. The summed E-state index contributed by atoms with van der Waals surface area (Å²) in [6.07, 6.45) is 2.14. The molecule has 0 fully saturated rings. The third-order valence-electron chi connectivity index (χ3n) is 2.41. The molecule has 1 rings (SSSR count). The number of aryl methyl sites for hydroxylation is 2. The van der Waals surface area contributed by atoms with Gasteiger partial charge in [-0.1, -0.05) is 13.3 Å². The topological polar surface area (TPSA) is 38.1 Å². The summed E-state index contributed by atoms with van der Waals surface area (Å²) in [6, 6.07) is 1.82. The van der Waals surface area contributed by atoms with Crippen molar-refractivity contribution in [1.29, 1.82) is 0 Å². The number of hydrogen-bond donors (Lipinski definition) is 0. The molecule has 0 atom stereocenters. The normalized spacial score (nSPS) is 10.4. The van der Waals surface area contributed by atoms with Crippen LogP contribution in [0.5, 0.6) is 0 Å². The Morgan fingerprint density at radius 1 is 1.60 bits per heavy atom. The summed E-state index contributed by atoms with van der Waals surface area (Å²) in [6.45, 7) is 4.81. The second-order valence-corrected chi connectivity index (χ2v) is 3.87. The average Bonchev–Trinajstić information content (AvgIpc) is 2.53. The predicted octanol–water partition coefficient (Wildman–Crippen LogP) is 1.60. The highest BCUT2D eigenvalue weighted by molar-refractivity contribution is 5.92. The molecule has 1 aromatic heterocycles. The van der Waals surface area contributed by atoms with E-state index < -0.39 is 0 Å². The van der Waals surface area contributed by atoms with Gasteiger partial charge in [-0.2, -0.15) is 5.10 Å². The van der Waals surface area contributed by atoms with Crippen molar-refractivity contribution in [2.45, 2.75) is 26.7 Å². The van der Waals surface area contributed by atoms with E-state index in [1.165, 1.54) is 0 Å². The summed E-state index contributed by atoms with van der Waals surface area (Å²) < 4.78 is 1.64. The predicted molar refractivity (Wildman–Crippen MR) is 59.8 cm³/mol. The van der Waals surface area contributed by atoms with E-state index in [1.807, 2.05) is 20.0 Å². The van der Waals surface area contributed by atoms with Gasteiger partial charge in [-0.05, 0) is 19.4 Å². The fourth-order valence-electron chi connectivity index (χ4n) is 1.50. The molecule has 4 heteroatoms. The number of unbranched alkanes of at least 4 members (excludes halogenated alkanes) is 1. The molecule has 0 aliphatic carbocycles. The molecule has 1 amide bonds. The largest absolute Gasteiger partial charge is 0.340 e. The fraction of sp³-hybridized carbons (Fsp3) is 0.636. The number of carbonyl (C=O) groups is 1. The average molecular weight is 209 g/mol. The molecule has 0 saturated heterocycles. The van der Waals surface area contributed by atoms with Crippen LogP contribution in [-0.2, 0) is 7.05 Å². The van der Waals surface area contributed by atoms with E-state index in [-0.39, 0.29) is 5.91 Å². The van der Waals surface area contributed by atoms with Crippen LogP contribution in [0.25, 0.3) is 0 Å². The number of hydrogen-bond acceptors (Lipinski definition) is 2. The lowest BCUT2D eigenvalue weighted by Gasteiger charge is -2.16. The summed E-state index contributed by atoms with van der Waals surface area (Å²) in [5.74, 6) is 0.0477. The van der Waals surface area contributed by atoms with Gasteiger partial charge in [-0.15, -0.1) is 0 Å². The van der Waals surface area contributed by atoms with Crippen molar-refractivity contribution < 1.29 is 4.79 Å². The fourth-order valence-corrected chi connectivity index (χ4v) is 1.50. The third kappa shape index (κ3) is 2.81. The van der Waals surface area contributed by atoms with Crippen LogP contribution in [0.4, 0.5) is 0 Å². The second kappa shape index (κ2) is 4.96. The highest BCUT2D eigenvalue weighted by atomic mass is 16.2. The van der Waals surface area contributed by atoms with Gasteiger partial charge in [0.2, 0.25) is 0 Å². The van der Waals surface area contributed by atoms with Crippen molar-refractivity contribution in [1.82, 2.24) is 14.7 Å². The van der Waals surface area contributed by atoms with Crippen LogP contribution in [0.15, 0.2) is 6.07 Å². The van der Waals surface area contributed by atoms with E-state index in [2.05, 4.69) is 12.0 Å². The Labute approximate surface area is 90.9 Å². The molecule has 0 spiro atoms. The molecule has 0 aliphatic heterocycles. The van der Waals surface area contributed by atoms with Gasteiger partial charge in [0, 0.05) is 20.6 Å². The number of rotatable bonds is 4. The third-order valence-corrected chi connectivity index (χ3v) is 2.41. The maximum Gasteiger partial charge on any atom is 0.271 e. The zero-order valence-electron chi connectivity index (χ0n) is 9.95. The zero-order chi connectivity index (χ0) is 11.4. The van der Waals surface area contributed by atoms with Crippen LogP contribution in [0.3, 0.4) is 0 Å². The monoisotopic (exact) mass is 209 g/mol. The van der Waals surface area contributed by atoms with E-state index in [0.29, 0.717) is 5.69 Å². The van der Waals surface area contributed by atoms with Crippen molar-refractivity contribution >= 4 is 5.91 Å². The van der Waals surface area contributed by atoms with Gasteiger partial charge in [0.25, 0.3) is 5.91 Å². The van der Waals surface area contributed by atoms with E-state index in [4.69, 9.17) is 0 Å². The van der Waals surface area contributed by atoms with Gasteiger partial charge in [-0.25, -0.2) is 0 Å². The lowest BCUT2D eigenvalue weighted by molar-refractivity contribution is 0.0782. The lowest BCUT2D eigenvalue weighted by atomic mass is 10.3. The van der Waals surface area contributed by atoms with Crippen LogP contribution in [0.1, 0.15) is 35.9 Å². The molecule has 84 valence electrons. The maximum atomic E-state index is 11.9. The van der Waals surface area contributed by atoms with E-state index in [1.54, 1.807) is 16.6 Å². The van der Waals surface area contributed by atoms with Gasteiger partial charge in [0.05, 0.1) is 5.69 Å². The molecule has 0 N–H and O–H groups in total. The quantitative estimate of drug-likeness (QED) is 0.755. The Hall–Kier alpha value is -1.32. The first-order chi connectivity index (χ1) is 7.06. The number of amides is 1. The zero-order valence-corrected chi connectivity index (χ0v) is 9.95. The Morgan fingerprint density at radius 3 is 2.73 bits per heavy atom. The van der Waals surface area contributed by atoms with Crippen molar-refractivity contribution in [3.05, 3.63) is 17.5 Å². The minimum absolute atomic E-state index is 0.0477. The molecule has 1 heterocycles. The lowest BCUT2D eigenvalue weighted by Crippen LogP contribution is -2.29. The van der Waals surface area contributed by atoms with Crippen LogP contribution >= 0.6 is 0 Å². The molecule has 15 heavy (non-hydrogen) atoms. The smallest absolute Gasteiger partial charge is 0.271 e. The van der Waals surface area contributed by atoms with Gasteiger partial charge in [0.15, 0.2) is 0 Å². The minimum atomic E-state index is 0.0477. The van der Waals surface area contributed by atoms with Crippen molar-refractivity contribution in [2.75, 3.05) is 13.6 Å². The van der Waals surface area contributed by atoms with E-state index >= 15 is 0 Å². The Kier molecular flexibility index (Phi) is 3.88. The Balaban J connectivity index is 2.71. The van der Waals surface area contributed by atoms with Crippen LogP contribution in [0.2, 0.25) is 0 Å². The first-order valence-electron chi connectivity index (χ1n) is 5.32. The number of carbonyl (C=O) groups excluding carboxylic acids is 1. The standard InChI is InChI=1S/C11H19N3O/c1-5-6-7-13(3)11(15)10-8-9(2)12-14(10)4/h8H,5-7H2,1-4H3. The first kappa shape index (κ1) is 11.8. The SMILES string of the molecule is CCCCN(C)C(=O)c1cc(C)nn1C. The van der Waals surface area contributed by atoms with Crippen LogP contribution in [0, 0.1) is 6.92 Å². The molecule has 0 unspecified atom stereocenters. The van der Waals surface area contributed by atoms with Crippen molar-refractivity contribution in [3.8, 4) is 0 Å². The number of nitrogens with zero attached hydrogens (tertiary/aromatic N) is 3. The second-order valence-electron chi connectivity index (χ2n) is 3.87. The Morgan fingerprint density at radius 2 is 2.27 bits per heavy atom. The minimum Gasteiger partial charge on any atom is -0.340 e. The first-order valence-corrected chi connectivity index (χ1v) is 5.32. The molecule has 0 saturated carbocycles. The van der Waals surface area contributed by atoms with E-state index in [0.717, 1.165) is 25.1 Å². The summed E-state index contributed by atoms with van der Waals surface area (Å²) in [5, 5.41) is 4.16. The van der Waals surface area contributed by atoms with Crippen molar-refractivity contribution in [3.63, 3.8) is 0 Å². The van der Waals surface area contributed by atoms with Gasteiger partial charge < -0.3 is 4.90 Å². The molecular weight excluding hydrogens is 190 g/mol. The highest BCUT2D eigenvalue weighted by Gasteiger charge is 2.15. The molecule has 0 aromatic carbocycles. The molecule has 1 aromatic rings. The van der Waals surface area contributed by atoms with Gasteiger partial charge >= 0.3 is 0 Å². The van der Waals surface area contributed by atoms with Gasteiger partial charge in [0.1, 0.15) is 5.69 Å². The van der Waals surface area contributed by atoms with E-state index in [9.17, 15) is 4.79 Å². The maximum absolute atomic E-state index is 11.9. The van der Waals surface area contributed by atoms with Crippen LogP contribution < -0.4 is 0 Å². The highest BCUT2D eigenvalue weighted by Crippen LogP contribution is 2.06. The molecule has 0 radical (unpaired) electrons. The molecule has 0 bridgehead atoms. The van der Waals surface area contributed by atoms with Gasteiger partial charge in [-0.3, -0.25) is 9.48 Å². The summed E-state index contributed by atoms with van der Waals surface area (Å²) in [4.78, 5) is 13.7. The summed E-state index contributed by atoms with van der Waals surface area (Å²) in [7, 11) is 3.63. The molecule has 4 nitrogen and oxygen atoms in total. The van der Waals surface area contributed by atoms with Crippen molar-refractivity contribution in [2.24, 2.45) is 7.05 Å². The molecule has 0 aliphatic rings.